The Labute approximate surface area is 147 Å². The molecule has 2 N–H and O–H groups in total. The van der Waals surface area contributed by atoms with Gasteiger partial charge in [0.25, 0.3) is 0 Å². The van der Waals surface area contributed by atoms with Crippen LogP contribution in [-0.2, 0) is 9.59 Å². The Morgan fingerprint density at radius 1 is 1.13 bits per heavy atom. The molecule has 1 heterocycles. The van der Waals surface area contributed by atoms with Gasteiger partial charge in [0.1, 0.15) is 5.82 Å². The average Bonchev–Trinajstić information content (AvgIpc) is 2.49. The van der Waals surface area contributed by atoms with Crippen molar-refractivity contribution in [2.75, 3.05) is 22.1 Å². The summed E-state index contributed by atoms with van der Waals surface area (Å²) in [6, 6.07) is 11.1. The van der Waals surface area contributed by atoms with Crippen LogP contribution in [0.5, 0.6) is 0 Å². The van der Waals surface area contributed by atoms with Gasteiger partial charge in [-0.3, -0.25) is 9.59 Å². The molecule has 2 rings (SSSR count). The molecule has 0 aliphatic carbocycles. The van der Waals surface area contributed by atoms with E-state index in [-0.39, 0.29) is 23.3 Å². The number of nitrogens with one attached hydrogen (secondary N) is 2. The van der Waals surface area contributed by atoms with Gasteiger partial charge < -0.3 is 10.6 Å². The monoisotopic (exact) mass is 393 g/mol. The molecular weight excluding hydrogens is 378 g/mol. The highest BCUT2D eigenvalue weighted by atomic mass is 79.9. The quantitative estimate of drug-likeness (QED) is 0.787. The maximum Gasteiger partial charge on any atom is 0.235 e. The molecule has 7 heteroatoms. The first-order chi connectivity index (χ1) is 11.0. The smallest absolute Gasteiger partial charge is 0.235 e. The molecule has 0 aliphatic rings. The van der Waals surface area contributed by atoms with Crippen LogP contribution in [0, 0.1) is 6.92 Å². The molecular formula is C16H16BrN3O2S. The highest BCUT2D eigenvalue weighted by molar-refractivity contribution is 9.10. The summed E-state index contributed by atoms with van der Waals surface area (Å²) < 4.78 is 0.845. The van der Waals surface area contributed by atoms with E-state index in [1.807, 2.05) is 31.2 Å². The van der Waals surface area contributed by atoms with Crippen molar-refractivity contribution in [3.63, 3.8) is 0 Å². The molecule has 23 heavy (non-hydrogen) atoms. The molecule has 1 aromatic carbocycles. The Morgan fingerprint density at radius 2 is 1.87 bits per heavy atom. The lowest BCUT2D eigenvalue weighted by Gasteiger charge is -2.06. The van der Waals surface area contributed by atoms with E-state index < -0.39 is 0 Å². The SMILES string of the molecule is Cc1cccc(NC(=O)CSCC(=O)Nc2ccc(Br)cn2)c1. The third kappa shape index (κ3) is 6.42. The van der Waals surface area contributed by atoms with Crippen LogP contribution in [0.25, 0.3) is 0 Å². The number of benzene rings is 1. The molecule has 2 aromatic rings. The van der Waals surface area contributed by atoms with Gasteiger partial charge in [0.15, 0.2) is 0 Å². The number of amides is 2. The molecule has 0 atom stereocenters. The maximum atomic E-state index is 11.8. The second-order valence-electron chi connectivity index (χ2n) is 4.82. The number of hydrogen-bond donors (Lipinski definition) is 2. The molecule has 5 nitrogen and oxygen atoms in total. The van der Waals surface area contributed by atoms with Crippen LogP contribution in [0.15, 0.2) is 47.1 Å². The summed E-state index contributed by atoms with van der Waals surface area (Å²) in [5, 5.41) is 5.48. The molecule has 0 spiro atoms. The normalized spacial score (nSPS) is 10.2. The number of carbonyl (C=O) groups excluding carboxylic acids is 2. The number of thioether (sulfide) groups is 1. The van der Waals surface area contributed by atoms with Crippen molar-refractivity contribution in [3.8, 4) is 0 Å². The predicted molar refractivity (Wildman–Crippen MR) is 97.7 cm³/mol. The van der Waals surface area contributed by atoms with Gasteiger partial charge >= 0.3 is 0 Å². The van der Waals surface area contributed by atoms with Crippen molar-refractivity contribution in [2.24, 2.45) is 0 Å². The lowest BCUT2D eigenvalue weighted by atomic mass is 10.2. The molecule has 0 fully saturated rings. The fourth-order valence-corrected chi connectivity index (χ4v) is 2.64. The number of aryl methyl sites for hydroxylation is 1. The van der Waals surface area contributed by atoms with Crippen molar-refractivity contribution in [1.82, 2.24) is 4.98 Å². The highest BCUT2D eigenvalue weighted by Crippen LogP contribution is 2.12. The van der Waals surface area contributed by atoms with E-state index in [2.05, 4.69) is 31.5 Å². The lowest BCUT2D eigenvalue weighted by Crippen LogP contribution is -2.18. The summed E-state index contributed by atoms with van der Waals surface area (Å²) in [5.74, 6) is 0.583. The van der Waals surface area contributed by atoms with E-state index in [1.54, 1.807) is 18.3 Å². The Morgan fingerprint density at radius 3 is 2.52 bits per heavy atom. The minimum Gasteiger partial charge on any atom is -0.325 e. The fourth-order valence-electron chi connectivity index (χ4n) is 1.79. The van der Waals surface area contributed by atoms with E-state index in [4.69, 9.17) is 0 Å². The third-order valence-corrected chi connectivity index (χ3v) is 4.16. The molecule has 0 radical (unpaired) electrons. The first kappa shape index (κ1) is 17.5. The maximum absolute atomic E-state index is 11.8. The van der Waals surface area contributed by atoms with Crippen molar-refractivity contribution in [3.05, 3.63) is 52.6 Å². The van der Waals surface area contributed by atoms with Crippen LogP contribution in [0.1, 0.15) is 5.56 Å². The number of pyridine rings is 1. The second-order valence-corrected chi connectivity index (χ2v) is 6.72. The summed E-state index contributed by atoms with van der Waals surface area (Å²) in [7, 11) is 0. The molecule has 0 bridgehead atoms. The standard InChI is InChI=1S/C16H16BrN3O2S/c1-11-3-2-4-13(7-11)19-15(21)9-23-10-16(22)20-14-6-5-12(17)8-18-14/h2-8H,9-10H2,1H3,(H,19,21)(H,18,20,22). The van der Waals surface area contributed by atoms with Gasteiger partial charge in [0.2, 0.25) is 11.8 Å². The molecule has 120 valence electrons. The zero-order valence-electron chi connectivity index (χ0n) is 12.5. The van der Waals surface area contributed by atoms with Crippen LogP contribution in [-0.4, -0.2) is 28.3 Å². The fraction of sp³-hybridized carbons (Fsp3) is 0.188. The summed E-state index contributed by atoms with van der Waals surface area (Å²) in [6.07, 6.45) is 1.61. The molecule has 0 unspecified atom stereocenters. The van der Waals surface area contributed by atoms with E-state index in [0.29, 0.717) is 5.82 Å². The number of halogens is 1. The van der Waals surface area contributed by atoms with Gasteiger partial charge in [-0.05, 0) is 52.7 Å². The predicted octanol–water partition coefficient (Wildman–Crippen LogP) is 3.46. The van der Waals surface area contributed by atoms with E-state index in [1.165, 1.54) is 11.8 Å². The highest BCUT2D eigenvalue weighted by Gasteiger charge is 2.07. The van der Waals surface area contributed by atoms with Gasteiger partial charge in [0, 0.05) is 16.4 Å². The topological polar surface area (TPSA) is 71.1 Å². The Bertz CT molecular complexity index is 692. The number of aromatic nitrogens is 1. The van der Waals surface area contributed by atoms with Crippen LogP contribution in [0.4, 0.5) is 11.5 Å². The van der Waals surface area contributed by atoms with Crippen LogP contribution in [0.2, 0.25) is 0 Å². The van der Waals surface area contributed by atoms with Gasteiger partial charge in [-0.15, -0.1) is 11.8 Å². The number of carbonyl (C=O) groups is 2. The van der Waals surface area contributed by atoms with E-state index in [0.717, 1.165) is 15.7 Å². The van der Waals surface area contributed by atoms with Crippen molar-refractivity contribution < 1.29 is 9.59 Å². The average molecular weight is 394 g/mol. The minimum atomic E-state index is -0.187. The zero-order chi connectivity index (χ0) is 16.7. The molecule has 2 amide bonds. The molecule has 1 aromatic heterocycles. The number of anilines is 2. The van der Waals surface area contributed by atoms with Gasteiger partial charge in [-0.2, -0.15) is 0 Å². The Hall–Kier alpha value is -1.86. The van der Waals surface area contributed by atoms with Gasteiger partial charge in [-0.1, -0.05) is 12.1 Å². The van der Waals surface area contributed by atoms with Gasteiger partial charge in [0.05, 0.1) is 11.5 Å². The van der Waals surface area contributed by atoms with Crippen molar-refractivity contribution >= 4 is 51.0 Å². The minimum absolute atomic E-state index is 0.129. The van der Waals surface area contributed by atoms with Crippen LogP contribution in [0.3, 0.4) is 0 Å². The van der Waals surface area contributed by atoms with Crippen molar-refractivity contribution in [2.45, 2.75) is 6.92 Å². The first-order valence-corrected chi connectivity index (χ1v) is 8.83. The summed E-state index contributed by atoms with van der Waals surface area (Å²) in [4.78, 5) is 27.6. The van der Waals surface area contributed by atoms with Gasteiger partial charge in [-0.25, -0.2) is 4.98 Å². The summed E-state index contributed by atoms with van der Waals surface area (Å²) >= 11 is 4.53. The lowest BCUT2D eigenvalue weighted by molar-refractivity contribution is -0.114. The molecule has 0 saturated carbocycles. The van der Waals surface area contributed by atoms with Crippen LogP contribution < -0.4 is 10.6 Å². The summed E-state index contributed by atoms with van der Waals surface area (Å²) in [5.41, 5.74) is 1.84. The Balaban J connectivity index is 1.70. The first-order valence-electron chi connectivity index (χ1n) is 6.88. The number of rotatable bonds is 6. The van der Waals surface area contributed by atoms with E-state index in [9.17, 15) is 9.59 Å². The van der Waals surface area contributed by atoms with Crippen LogP contribution >= 0.6 is 27.7 Å². The zero-order valence-corrected chi connectivity index (χ0v) is 14.9. The molecule has 0 aliphatic heterocycles. The second kappa shape index (κ2) is 8.69. The number of hydrogen-bond acceptors (Lipinski definition) is 4. The molecule has 0 saturated heterocycles. The Kier molecular flexibility index (Phi) is 6.61. The summed E-state index contributed by atoms with van der Waals surface area (Å²) in [6.45, 7) is 1.96. The van der Waals surface area contributed by atoms with Crippen molar-refractivity contribution in [1.29, 1.82) is 0 Å². The number of nitrogens with zero attached hydrogens (tertiary/aromatic N) is 1. The van der Waals surface area contributed by atoms with E-state index >= 15 is 0 Å². The third-order valence-electron chi connectivity index (χ3n) is 2.76. The largest absolute Gasteiger partial charge is 0.325 e.